The minimum Gasteiger partial charge on any atom is -0.426 e. The number of methoxy groups -OCH3 is 1. The quantitative estimate of drug-likeness (QED) is 0.498. The average Bonchev–Trinajstić information content (AvgIpc) is 2.25. The summed E-state index contributed by atoms with van der Waals surface area (Å²) in [4.78, 5) is 30.4. The van der Waals surface area contributed by atoms with E-state index in [0.717, 1.165) is 0 Å². The van der Waals surface area contributed by atoms with Crippen molar-refractivity contribution in [1.82, 2.24) is 0 Å². The maximum Gasteiger partial charge on any atom is 0.358 e. The Balaban J connectivity index is 3.16. The minimum atomic E-state index is -4.53. The Morgan fingerprint density at radius 3 is 2.29 bits per heavy atom. The molecular formula is C13H18ClO6P. The van der Waals surface area contributed by atoms with Crippen LogP contribution in [-0.4, -0.2) is 22.9 Å². The van der Waals surface area contributed by atoms with Gasteiger partial charge in [-0.2, -0.15) is 0 Å². The number of carbonyl (C=O) groups is 1. The molecule has 0 heterocycles. The zero-order valence-electron chi connectivity index (χ0n) is 12.2. The fraction of sp³-hybridized carbons (Fsp3) is 0.462. The highest BCUT2D eigenvalue weighted by Gasteiger charge is 2.31. The molecule has 8 heteroatoms. The maximum absolute atomic E-state index is 11.8. The first-order valence-electron chi connectivity index (χ1n) is 6.06. The number of carbonyl (C=O) groups excluding carboxylic acids is 1. The number of ether oxygens (including phenoxy) is 2. The third kappa shape index (κ3) is 5.09. The summed E-state index contributed by atoms with van der Waals surface area (Å²) in [6.07, 6.45) is 0. The van der Waals surface area contributed by atoms with E-state index in [9.17, 15) is 19.1 Å². The second-order valence-electron chi connectivity index (χ2n) is 5.54. The van der Waals surface area contributed by atoms with Gasteiger partial charge in [-0.1, -0.05) is 11.6 Å². The molecule has 2 N–H and O–H groups in total. The van der Waals surface area contributed by atoms with Crippen molar-refractivity contribution in [1.29, 1.82) is 0 Å². The van der Waals surface area contributed by atoms with Gasteiger partial charge >= 0.3 is 13.6 Å². The molecule has 0 aromatic heterocycles. The van der Waals surface area contributed by atoms with Crippen LogP contribution in [0.25, 0.3) is 0 Å². The normalized spacial score (nSPS) is 13.9. The van der Waals surface area contributed by atoms with E-state index in [1.165, 1.54) is 25.3 Å². The molecule has 1 unspecified atom stereocenters. The van der Waals surface area contributed by atoms with Crippen LogP contribution in [-0.2, 0) is 14.1 Å². The first-order valence-corrected chi connectivity index (χ1v) is 8.12. The Hall–Kier alpha value is -0.910. The lowest BCUT2D eigenvalue weighted by Gasteiger charge is -2.20. The Labute approximate surface area is 128 Å². The van der Waals surface area contributed by atoms with Gasteiger partial charge in [0.05, 0.1) is 5.41 Å². The highest BCUT2D eigenvalue weighted by Crippen LogP contribution is 2.52. The second-order valence-corrected chi connectivity index (χ2v) is 7.62. The van der Waals surface area contributed by atoms with E-state index in [0.29, 0.717) is 0 Å². The van der Waals surface area contributed by atoms with Crippen LogP contribution in [0, 0.1) is 5.41 Å². The highest BCUT2D eigenvalue weighted by atomic mass is 35.5. The molecule has 1 aromatic rings. The van der Waals surface area contributed by atoms with Gasteiger partial charge < -0.3 is 19.3 Å². The molecule has 0 aliphatic rings. The van der Waals surface area contributed by atoms with Gasteiger partial charge in [0.1, 0.15) is 5.75 Å². The van der Waals surface area contributed by atoms with Crippen molar-refractivity contribution in [2.75, 3.05) is 7.11 Å². The van der Waals surface area contributed by atoms with Gasteiger partial charge in [0.2, 0.25) is 0 Å². The molecule has 1 rings (SSSR count). The topological polar surface area (TPSA) is 93.1 Å². The summed E-state index contributed by atoms with van der Waals surface area (Å²) in [6.45, 7) is 5.07. The third-order valence-electron chi connectivity index (χ3n) is 2.53. The van der Waals surface area contributed by atoms with Gasteiger partial charge in [0, 0.05) is 12.1 Å². The lowest BCUT2D eigenvalue weighted by atomic mass is 9.97. The highest BCUT2D eigenvalue weighted by molar-refractivity contribution is 7.52. The molecule has 21 heavy (non-hydrogen) atoms. The van der Waals surface area contributed by atoms with E-state index in [1.54, 1.807) is 20.8 Å². The monoisotopic (exact) mass is 336 g/mol. The van der Waals surface area contributed by atoms with Crippen LogP contribution in [0.4, 0.5) is 0 Å². The van der Waals surface area contributed by atoms with Crippen LogP contribution < -0.4 is 4.74 Å². The summed E-state index contributed by atoms with van der Waals surface area (Å²) < 4.78 is 21.4. The van der Waals surface area contributed by atoms with Crippen molar-refractivity contribution >= 4 is 25.2 Å². The molecule has 118 valence electrons. The van der Waals surface area contributed by atoms with E-state index in [4.69, 9.17) is 21.1 Å². The van der Waals surface area contributed by atoms with Gasteiger partial charge in [-0.3, -0.25) is 9.36 Å². The van der Waals surface area contributed by atoms with Gasteiger partial charge in [0.25, 0.3) is 0 Å². The molecule has 6 nitrogen and oxygen atoms in total. The van der Waals surface area contributed by atoms with Crippen LogP contribution in [0.15, 0.2) is 18.2 Å². The fourth-order valence-electron chi connectivity index (χ4n) is 1.51. The molecule has 0 amide bonds. The standard InChI is InChI=1S/C13H18ClO6P/c1-13(2,3)12(15)20-10-6-8(5-9(14)7-10)11(19-4)21(16,17)18/h5-7,11H,1-4H3,(H2,16,17,18). The Morgan fingerprint density at radius 2 is 1.86 bits per heavy atom. The van der Waals surface area contributed by atoms with Crippen molar-refractivity contribution < 1.29 is 28.6 Å². The van der Waals surface area contributed by atoms with Gasteiger partial charge in [0.15, 0.2) is 5.85 Å². The number of hydrogen-bond donors (Lipinski definition) is 2. The van der Waals surface area contributed by atoms with Crippen molar-refractivity contribution in [3.8, 4) is 5.75 Å². The molecule has 0 saturated carbocycles. The molecule has 1 aromatic carbocycles. The fourth-order valence-corrected chi connectivity index (χ4v) is 2.56. The lowest BCUT2D eigenvalue weighted by Crippen LogP contribution is -2.25. The van der Waals surface area contributed by atoms with Crippen LogP contribution in [0.1, 0.15) is 32.2 Å². The molecule has 0 fully saturated rings. The predicted molar refractivity (Wildman–Crippen MR) is 78.3 cm³/mol. The van der Waals surface area contributed by atoms with E-state index in [-0.39, 0.29) is 16.3 Å². The van der Waals surface area contributed by atoms with Gasteiger partial charge in [-0.15, -0.1) is 0 Å². The maximum atomic E-state index is 11.8. The third-order valence-corrected chi connectivity index (χ3v) is 3.87. The van der Waals surface area contributed by atoms with Crippen molar-refractivity contribution in [3.63, 3.8) is 0 Å². The number of esters is 1. The summed E-state index contributed by atoms with van der Waals surface area (Å²) >= 11 is 5.90. The van der Waals surface area contributed by atoms with Crippen LogP contribution in [0.3, 0.4) is 0 Å². The van der Waals surface area contributed by atoms with Crippen molar-refractivity contribution in [2.45, 2.75) is 26.6 Å². The van der Waals surface area contributed by atoms with Crippen molar-refractivity contribution in [3.05, 3.63) is 28.8 Å². The molecule has 0 radical (unpaired) electrons. The summed E-state index contributed by atoms with van der Waals surface area (Å²) in [5.74, 6) is -1.85. The SMILES string of the molecule is COC(c1cc(Cl)cc(OC(=O)C(C)(C)C)c1)P(=O)(O)O. The zero-order valence-corrected chi connectivity index (χ0v) is 13.8. The van der Waals surface area contributed by atoms with Gasteiger partial charge in [-0.05, 0) is 44.5 Å². The predicted octanol–water partition coefficient (Wildman–Crippen LogP) is 3.11. The van der Waals surface area contributed by atoms with Crippen LogP contribution in [0.2, 0.25) is 5.02 Å². The van der Waals surface area contributed by atoms with E-state index >= 15 is 0 Å². The minimum absolute atomic E-state index is 0.105. The molecule has 0 aliphatic heterocycles. The van der Waals surface area contributed by atoms with E-state index in [2.05, 4.69) is 0 Å². The second kappa shape index (κ2) is 6.46. The van der Waals surface area contributed by atoms with Crippen LogP contribution in [0.5, 0.6) is 5.75 Å². The lowest BCUT2D eigenvalue weighted by molar-refractivity contribution is -0.143. The molecule has 0 bridgehead atoms. The smallest absolute Gasteiger partial charge is 0.358 e. The molecule has 0 saturated heterocycles. The zero-order chi connectivity index (χ0) is 16.4. The van der Waals surface area contributed by atoms with E-state index in [1.807, 2.05) is 0 Å². The molecular weight excluding hydrogens is 319 g/mol. The summed E-state index contributed by atoms with van der Waals surface area (Å²) in [6, 6.07) is 4.06. The Bertz CT molecular complexity index is 575. The number of halogens is 1. The van der Waals surface area contributed by atoms with E-state index < -0.39 is 24.8 Å². The largest absolute Gasteiger partial charge is 0.426 e. The molecule has 0 spiro atoms. The molecule has 0 aliphatic carbocycles. The average molecular weight is 337 g/mol. The first-order chi connectivity index (χ1) is 9.45. The number of rotatable bonds is 4. The first kappa shape index (κ1) is 18.1. The van der Waals surface area contributed by atoms with Gasteiger partial charge in [-0.25, -0.2) is 0 Å². The number of benzene rings is 1. The number of hydrogen-bond acceptors (Lipinski definition) is 4. The van der Waals surface area contributed by atoms with Crippen molar-refractivity contribution in [2.24, 2.45) is 5.41 Å². The summed E-state index contributed by atoms with van der Waals surface area (Å²) in [5, 5.41) is 0.180. The Kier molecular flexibility index (Phi) is 5.58. The Morgan fingerprint density at radius 1 is 1.29 bits per heavy atom. The molecule has 1 atom stereocenters. The summed E-state index contributed by atoms with van der Waals surface area (Å²) in [7, 11) is -3.35. The summed E-state index contributed by atoms with van der Waals surface area (Å²) in [5.41, 5.74) is -0.582. The van der Waals surface area contributed by atoms with Crippen LogP contribution >= 0.6 is 19.2 Å².